The number of phenolic OH excluding ortho intramolecular Hbond substituents is 1. The number of halogens is 2. The summed E-state index contributed by atoms with van der Waals surface area (Å²) in [6.45, 7) is 2.05. The standard InChI is InChI=1S/C27H29ClFN5O4/c1-2-3-6-16-17-11-22(25(36)31-12-14-5-4-7-19(28)23(14)29)34(24(16)17)27(38)32-20-13-33(26(30)37)21-9-8-15(35)10-18(20)21/h4-5,7-10,13,16-17,22,24,35H,2-3,6,11-12H2,1H3,(H2,30,37)(H,31,36)(H,32,38)/t16-,17+,22+,24?/m1/s1. The van der Waals surface area contributed by atoms with Gasteiger partial charge in [-0.05, 0) is 48.9 Å². The Kier molecular flexibility index (Phi) is 6.92. The van der Waals surface area contributed by atoms with Crippen LogP contribution in [0.25, 0.3) is 10.9 Å². The van der Waals surface area contributed by atoms with E-state index >= 15 is 0 Å². The topological polar surface area (TPSA) is 130 Å². The maximum Gasteiger partial charge on any atom is 0.323 e. The van der Waals surface area contributed by atoms with Crippen LogP contribution in [0.5, 0.6) is 5.75 Å². The van der Waals surface area contributed by atoms with E-state index in [0.717, 1.165) is 19.3 Å². The molecule has 5 N–H and O–H groups in total. The van der Waals surface area contributed by atoms with E-state index < -0.39 is 23.9 Å². The fourth-order valence-corrected chi connectivity index (χ4v) is 5.92. The number of fused-ring (bicyclic) bond motifs is 2. The molecule has 1 saturated carbocycles. The van der Waals surface area contributed by atoms with Gasteiger partial charge in [0.05, 0.1) is 16.2 Å². The van der Waals surface area contributed by atoms with Crippen LogP contribution < -0.4 is 16.4 Å². The molecule has 2 aromatic carbocycles. The quantitative estimate of drug-likeness (QED) is 0.342. The lowest BCUT2D eigenvalue weighted by Crippen LogP contribution is -2.50. The van der Waals surface area contributed by atoms with E-state index in [2.05, 4.69) is 17.6 Å². The second-order valence-electron chi connectivity index (χ2n) is 9.93. The molecule has 1 saturated heterocycles. The second-order valence-corrected chi connectivity index (χ2v) is 10.3. The predicted molar refractivity (Wildman–Crippen MR) is 141 cm³/mol. The molecule has 2 heterocycles. The number of hydrogen-bond acceptors (Lipinski definition) is 4. The molecule has 38 heavy (non-hydrogen) atoms. The number of carbonyl (C=O) groups is 3. The minimum Gasteiger partial charge on any atom is -0.508 e. The van der Waals surface area contributed by atoms with Gasteiger partial charge in [0, 0.05) is 29.7 Å². The van der Waals surface area contributed by atoms with E-state index in [9.17, 15) is 23.9 Å². The molecule has 1 unspecified atom stereocenters. The van der Waals surface area contributed by atoms with Gasteiger partial charge in [-0.25, -0.2) is 14.0 Å². The van der Waals surface area contributed by atoms with E-state index in [4.69, 9.17) is 17.3 Å². The Bertz CT molecular complexity index is 1430. The summed E-state index contributed by atoms with van der Waals surface area (Å²) in [5.41, 5.74) is 6.46. The number of amides is 4. The molecular formula is C27H29ClFN5O4. The molecule has 4 atom stereocenters. The van der Waals surface area contributed by atoms with Crippen molar-refractivity contribution in [1.82, 2.24) is 14.8 Å². The predicted octanol–water partition coefficient (Wildman–Crippen LogP) is 4.79. The Balaban J connectivity index is 1.38. The number of anilines is 1. The van der Waals surface area contributed by atoms with Crippen molar-refractivity contribution in [3.63, 3.8) is 0 Å². The number of unbranched alkanes of at least 4 members (excludes halogenated alkanes) is 1. The lowest BCUT2D eigenvalue weighted by atomic mass is 10.0. The lowest BCUT2D eigenvalue weighted by molar-refractivity contribution is -0.125. The fourth-order valence-electron chi connectivity index (χ4n) is 5.73. The summed E-state index contributed by atoms with van der Waals surface area (Å²) in [4.78, 5) is 40.4. The zero-order chi connectivity index (χ0) is 27.1. The molecule has 3 aromatic rings. The molecular weight excluding hydrogens is 513 g/mol. The number of piperidine rings is 1. The molecule has 2 aliphatic rings. The molecule has 2 fully saturated rings. The SMILES string of the molecule is CCCC[C@H]1C2[C@H]1C[C@@H](C(=O)NCc1cccc(Cl)c1F)N2C(=O)Nc1cn(C(N)=O)c2ccc(O)cc12. The molecule has 1 aromatic heterocycles. The largest absolute Gasteiger partial charge is 0.508 e. The lowest BCUT2D eigenvalue weighted by Gasteiger charge is -2.28. The Morgan fingerprint density at radius 3 is 2.76 bits per heavy atom. The van der Waals surface area contributed by atoms with Crippen LogP contribution in [0, 0.1) is 17.7 Å². The first-order valence-corrected chi connectivity index (χ1v) is 13.0. The minimum atomic E-state index is -0.741. The molecule has 200 valence electrons. The average molecular weight is 542 g/mol. The van der Waals surface area contributed by atoms with Gasteiger partial charge in [0.25, 0.3) is 0 Å². The van der Waals surface area contributed by atoms with Crippen LogP contribution >= 0.6 is 11.6 Å². The van der Waals surface area contributed by atoms with E-state index in [1.54, 1.807) is 17.0 Å². The summed E-state index contributed by atoms with van der Waals surface area (Å²) in [5.74, 6) is -0.484. The highest BCUT2D eigenvalue weighted by molar-refractivity contribution is 6.30. The van der Waals surface area contributed by atoms with Gasteiger partial charge in [-0.2, -0.15) is 0 Å². The molecule has 4 amide bonds. The Morgan fingerprint density at radius 1 is 1.24 bits per heavy atom. The Hall–Kier alpha value is -3.79. The molecule has 0 spiro atoms. The first-order valence-electron chi connectivity index (χ1n) is 12.6. The highest BCUT2D eigenvalue weighted by Gasteiger charge is 2.63. The third kappa shape index (κ3) is 4.64. The maximum absolute atomic E-state index is 14.3. The van der Waals surface area contributed by atoms with Crippen LogP contribution in [0.4, 0.5) is 19.7 Å². The summed E-state index contributed by atoms with van der Waals surface area (Å²) in [6.07, 6.45) is 4.94. The fraction of sp³-hybridized carbons (Fsp3) is 0.370. The van der Waals surface area contributed by atoms with Gasteiger partial charge in [0.15, 0.2) is 0 Å². The summed E-state index contributed by atoms with van der Waals surface area (Å²) in [5, 5.41) is 16.0. The number of primary amides is 1. The van der Waals surface area contributed by atoms with Crippen molar-refractivity contribution in [1.29, 1.82) is 0 Å². The van der Waals surface area contributed by atoms with Gasteiger partial charge >= 0.3 is 12.1 Å². The van der Waals surface area contributed by atoms with Gasteiger partial charge < -0.3 is 26.4 Å². The van der Waals surface area contributed by atoms with E-state index in [-0.39, 0.29) is 46.4 Å². The molecule has 9 nitrogen and oxygen atoms in total. The summed E-state index contributed by atoms with van der Waals surface area (Å²) in [6, 6.07) is 6.92. The number of phenols is 1. The highest BCUT2D eigenvalue weighted by Crippen LogP contribution is 2.55. The number of carbonyl (C=O) groups excluding carboxylic acids is 3. The van der Waals surface area contributed by atoms with Crippen molar-refractivity contribution in [2.45, 2.75) is 51.2 Å². The van der Waals surface area contributed by atoms with Crippen LogP contribution in [-0.4, -0.2) is 44.6 Å². The number of nitrogens with zero attached hydrogens (tertiary/aromatic N) is 2. The number of aromatic hydroxyl groups is 1. The number of aromatic nitrogens is 1. The van der Waals surface area contributed by atoms with Gasteiger partial charge in [0.1, 0.15) is 17.6 Å². The van der Waals surface area contributed by atoms with E-state index in [0.29, 0.717) is 23.2 Å². The first-order chi connectivity index (χ1) is 18.2. The molecule has 0 radical (unpaired) electrons. The second kappa shape index (κ2) is 10.2. The summed E-state index contributed by atoms with van der Waals surface area (Å²) >= 11 is 5.86. The van der Waals surface area contributed by atoms with Gasteiger partial charge in [-0.15, -0.1) is 0 Å². The van der Waals surface area contributed by atoms with Crippen LogP contribution in [0.2, 0.25) is 5.02 Å². The number of likely N-dealkylation sites (tertiary alicyclic amines) is 1. The minimum absolute atomic E-state index is 0.0280. The molecule has 1 aliphatic heterocycles. The van der Waals surface area contributed by atoms with Crippen molar-refractivity contribution in [3.8, 4) is 5.75 Å². The van der Waals surface area contributed by atoms with E-state index in [1.165, 1.54) is 35.0 Å². The van der Waals surface area contributed by atoms with Gasteiger partial charge in [0.2, 0.25) is 5.91 Å². The Labute approximate surface area is 223 Å². The molecule has 11 heteroatoms. The monoisotopic (exact) mass is 541 g/mol. The van der Waals surface area contributed by atoms with Crippen molar-refractivity contribution < 1.29 is 23.9 Å². The van der Waals surface area contributed by atoms with Crippen molar-refractivity contribution in [3.05, 3.63) is 59.0 Å². The zero-order valence-electron chi connectivity index (χ0n) is 20.8. The number of nitrogens with one attached hydrogen (secondary N) is 2. The first kappa shape index (κ1) is 25.8. The van der Waals surface area contributed by atoms with Crippen LogP contribution in [0.3, 0.4) is 0 Å². The highest BCUT2D eigenvalue weighted by atomic mass is 35.5. The zero-order valence-corrected chi connectivity index (χ0v) is 21.5. The summed E-state index contributed by atoms with van der Waals surface area (Å²) < 4.78 is 15.5. The van der Waals surface area contributed by atoms with Crippen molar-refractivity contribution in [2.24, 2.45) is 17.6 Å². The number of urea groups is 1. The van der Waals surface area contributed by atoms with Crippen LogP contribution in [-0.2, 0) is 11.3 Å². The van der Waals surface area contributed by atoms with Crippen LogP contribution in [0.1, 0.15) is 38.2 Å². The van der Waals surface area contributed by atoms with Gasteiger partial charge in [-0.1, -0.05) is 43.5 Å². The molecule has 1 aliphatic carbocycles. The maximum atomic E-state index is 14.3. The van der Waals surface area contributed by atoms with Crippen molar-refractivity contribution >= 4 is 46.2 Å². The van der Waals surface area contributed by atoms with E-state index in [1.807, 2.05) is 0 Å². The Morgan fingerprint density at radius 2 is 2.03 bits per heavy atom. The van der Waals surface area contributed by atoms with Crippen LogP contribution in [0.15, 0.2) is 42.6 Å². The average Bonchev–Trinajstić information content (AvgIpc) is 3.21. The number of rotatable bonds is 7. The van der Waals surface area contributed by atoms with Gasteiger partial charge in [-0.3, -0.25) is 9.36 Å². The smallest absolute Gasteiger partial charge is 0.323 e. The normalized spacial score (nSPS) is 21.8. The third-order valence-electron chi connectivity index (χ3n) is 7.62. The number of benzene rings is 2. The number of hydrogen-bond donors (Lipinski definition) is 4. The third-order valence-corrected chi connectivity index (χ3v) is 7.91. The molecule has 5 rings (SSSR count). The number of nitrogens with two attached hydrogens (primary N) is 1. The summed E-state index contributed by atoms with van der Waals surface area (Å²) in [7, 11) is 0. The van der Waals surface area contributed by atoms with Crippen molar-refractivity contribution in [2.75, 3.05) is 5.32 Å². The molecule has 0 bridgehead atoms.